The first kappa shape index (κ1) is 13.1. The zero-order chi connectivity index (χ0) is 13.1. The summed E-state index contributed by atoms with van der Waals surface area (Å²) in [5.41, 5.74) is 6.32. The molecule has 1 aromatic heterocycles. The highest BCUT2D eigenvalue weighted by Crippen LogP contribution is 2.23. The highest BCUT2D eigenvalue weighted by Gasteiger charge is 2.10. The van der Waals surface area contributed by atoms with Crippen LogP contribution in [0.2, 0.25) is 0 Å². The molecule has 1 heterocycles. The van der Waals surface area contributed by atoms with Gasteiger partial charge in [0.1, 0.15) is 0 Å². The maximum absolute atomic E-state index is 13.1. The lowest BCUT2D eigenvalue weighted by atomic mass is 10.1. The van der Waals surface area contributed by atoms with Crippen LogP contribution >= 0.6 is 11.3 Å². The Morgan fingerprint density at radius 1 is 1.33 bits per heavy atom. The van der Waals surface area contributed by atoms with Gasteiger partial charge in [0.05, 0.1) is 5.01 Å². The van der Waals surface area contributed by atoms with Crippen LogP contribution in [-0.2, 0) is 6.42 Å². The molecule has 1 aromatic carbocycles. The van der Waals surface area contributed by atoms with Crippen LogP contribution < -0.4 is 5.73 Å². The number of aromatic nitrogens is 1. The first-order chi connectivity index (χ1) is 8.60. The number of thiazole rings is 1. The Kier molecular flexibility index (Phi) is 4.04. The molecule has 0 saturated carbocycles. The predicted molar refractivity (Wildman–Crippen MR) is 68.7 cm³/mol. The topological polar surface area (TPSA) is 38.9 Å². The third kappa shape index (κ3) is 2.91. The van der Waals surface area contributed by atoms with Crippen LogP contribution in [0.4, 0.5) is 8.78 Å². The van der Waals surface area contributed by atoms with Gasteiger partial charge in [-0.25, -0.2) is 13.8 Å². The fraction of sp³-hybridized carbons (Fsp3) is 0.308. The Labute approximate surface area is 108 Å². The molecule has 96 valence electrons. The molecule has 18 heavy (non-hydrogen) atoms. The van der Waals surface area contributed by atoms with E-state index in [1.165, 1.54) is 6.07 Å². The minimum Gasteiger partial charge on any atom is -0.330 e. The number of nitrogens with zero attached hydrogens (tertiary/aromatic N) is 1. The number of hydrogen-bond donors (Lipinski definition) is 1. The molecule has 0 aliphatic rings. The molecule has 0 spiro atoms. The van der Waals surface area contributed by atoms with Crippen LogP contribution in [-0.4, -0.2) is 11.5 Å². The van der Waals surface area contributed by atoms with Crippen molar-refractivity contribution in [2.75, 3.05) is 6.54 Å². The van der Waals surface area contributed by atoms with Gasteiger partial charge < -0.3 is 5.73 Å². The van der Waals surface area contributed by atoms with Crippen molar-refractivity contribution in [2.45, 2.75) is 19.3 Å². The minimum absolute atomic E-state index is 0.230. The normalized spacial score (nSPS) is 12.7. The van der Waals surface area contributed by atoms with Gasteiger partial charge in [0.25, 0.3) is 0 Å². The smallest absolute Gasteiger partial charge is 0.159 e. The molecular formula is C13H14F2N2S. The van der Waals surface area contributed by atoms with Crippen molar-refractivity contribution in [3.8, 4) is 0 Å². The van der Waals surface area contributed by atoms with Crippen molar-refractivity contribution in [1.29, 1.82) is 0 Å². The Hall–Kier alpha value is -1.33. The quantitative estimate of drug-likeness (QED) is 0.925. The summed E-state index contributed by atoms with van der Waals surface area (Å²) in [6.45, 7) is 2.57. The average Bonchev–Trinajstić information content (AvgIpc) is 2.81. The summed E-state index contributed by atoms with van der Waals surface area (Å²) >= 11 is 1.56. The lowest BCUT2D eigenvalue weighted by molar-refractivity contribution is 0.507. The number of halogens is 2. The van der Waals surface area contributed by atoms with Gasteiger partial charge in [0.15, 0.2) is 11.6 Å². The Morgan fingerprint density at radius 3 is 2.78 bits per heavy atom. The zero-order valence-corrected chi connectivity index (χ0v) is 10.8. The van der Waals surface area contributed by atoms with Crippen LogP contribution in [0.1, 0.15) is 28.3 Å². The van der Waals surface area contributed by atoms with E-state index in [1.54, 1.807) is 23.6 Å². The number of benzene rings is 1. The lowest BCUT2D eigenvalue weighted by Gasteiger charge is -2.02. The molecule has 2 aromatic rings. The highest BCUT2D eigenvalue weighted by molar-refractivity contribution is 7.11. The van der Waals surface area contributed by atoms with Gasteiger partial charge >= 0.3 is 0 Å². The van der Waals surface area contributed by atoms with E-state index in [9.17, 15) is 8.78 Å². The molecule has 0 saturated heterocycles. The highest BCUT2D eigenvalue weighted by atomic mass is 32.1. The molecule has 0 fully saturated rings. The third-order valence-electron chi connectivity index (χ3n) is 2.71. The fourth-order valence-electron chi connectivity index (χ4n) is 1.58. The van der Waals surface area contributed by atoms with Crippen molar-refractivity contribution in [3.63, 3.8) is 0 Å². The third-order valence-corrected chi connectivity index (χ3v) is 3.94. The molecule has 0 aliphatic carbocycles. The van der Waals surface area contributed by atoms with Crippen LogP contribution in [0.25, 0.3) is 0 Å². The van der Waals surface area contributed by atoms with Gasteiger partial charge in [-0.2, -0.15) is 0 Å². The molecule has 0 bridgehead atoms. The lowest BCUT2D eigenvalue weighted by Crippen LogP contribution is -2.08. The molecule has 2 N–H and O–H groups in total. The number of rotatable bonds is 4. The maximum Gasteiger partial charge on any atom is 0.159 e. The predicted octanol–water partition coefficient (Wildman–Crippen LogP) is 3.07. The number of nitrogens with two attached hydrogens (primary N) is 1. The first-order valence-electron chi connectivity index (χ1n) is 5.68. The van der Waals surface area contributed by atoms with E-state index in [1.807, 2.05) is 6.92 Å². The van der Waals surface area contributed by atoms with Gasteiger partial charge in [0.2, 0.25) is 0 Å². The van der Waals surface area contributed by atoms with Crippen molar-refractivity contribution in [2.24, 2.45) is 5.73 Å². The van der Waals surface area contributed by atoms with Gasteiger partial charge in [-0.1, -0.05) is 13.0 Å². The van der Waals surface area contributed by atoms with E-state index >= 15 is 0 Å². The van der Waals surface area contributed by atoms with E-state index in [2.05, 4.69) is 4.98 Å². The van der Waals surface area contributed by atoms with Crippen LogP contribution in [0.5, 0.6) is 0 Å². The SMILES string of the molecule is CC(CN)c1ncc(Cc2ccc(F)c(F)c2)s1. The van der Waals surface area contributed by atoms with Crippen molar-refractivity contribution < 1.29 is 8.78 Å². The van der Waals surface area contributed by atoms with Gasteiger partial charge in [-0.3, -0.25) is 0 Å². The van der Waals surface area contributed by atoms with Gasteiger partial charge in [-0.05, 0) is 17.7 Å². The van der Waals surface area contributed by atoms with E-state index in [0.717, 1.165) is 21.5 Å². The maximum atomic E-state index is 13.1. The summed E-state index contributed by atoms with van der Waals surface area (Å²) in [7, 11) is 0. The Balaban J connectivity index is 2.13. The summed E-state index contributed by atoms with van der Waals surface area (Å²) in [6.07, 6.45) is 2.33. The summed E-state index contributed by atoms with van der Waals surface area (Å²) in [5, 5.41) is 0.982. The molecule has 0 radical (unpaired) electrons. The number of hydrogen-bond acceptors (Lipinski definition) is 3. The molecule has 1 atom stereocenters. The molecule has 5 heteroatoms. The Bertz CT molecular complexity index is 540. The monoisotopic (exact) mass is 268 g/mol. The second-order valence-electron chi connectivity index (χ2n) is 4.23. The zero-order valence-electron chi connectivity index (χ0n) is 9.99. The van der Waals surface area contributed by atoms with E-state index in [4.69, 9.17) is 5.73 Å². The molecule has 0 amide bonds. The minimum atomic E-state index is -0.819. The van der Waals surface area contributed by atoms with Gasteiger partial charge in [-0.15, -0.1) is 11.3 Å². The average molecular weight is 268 g/mol. The second kappa shape index (κ2) is 5.54. The molecule has 2 rings (SSSR count). The first-order valence-corrected chi connectivity index (χ1v) is 6.50. The molecule has 0 aliphatic heterocycles. The van der Waals surface area contributed by atoms with Crippen LogP contribution in [0, 0.1) is 11.6 Å². The van der Waals surface area contributed by atoms with E-state index in [0.29, 0.717) is 13.0 Å². The molecular weight excluding hydrogens is 254 g/mol. The summed E-state index contributed by atoms with van der Waals surface area (Å²) in [4.78, 5) is 5.32. The van der Waals surface area contributed by atoms with E-state index in [-0.39, 0.29) is 5.92 Å². The standard InChI is InChI=1S/C13H14F2N2S/c1-8(6-16)13-17-7-10(18-13)4-9-2-3-11(14)12(15)5-9/h2-3,5,7-8H,4,6,16H2,1H3. The van der Waals surface area contributed by atoms with E-state index < -0.39 is 11.6 Å². The van der Waals surface area contributed by atoms with Crippen molar-refractivity contribution >= 4 is 11.3 Å². The summed E-state index contributed by atoms with van der Waals surface area (Å²) in [6, 6.07) is 3.96. The molecule has 1 unspecified atom stereocenters. The largest absolute Gasteiger partial charge is 0.330 e. The Morgan fingerprint density at radius 2 is 2.11 bits per heavy atom. The summed E-state index contributed by atoms with van der Waals surface area (Å²) in [5.74, 6) is -1.40. The van der Waals surface area contributed by atoms with Gasteiger partial charge in [0, 0.05) is 30.0 Å². The van der Waals surface area contributed by atoms with Crippen LogP contribution in [0.3, 0.4) is 0 Å². The van der Waals surface area contributed by atoms with Crippen LogP contribution in [0.15, 0.2) is 24.4 Å². The second-order valence-corrected chi connectivity index (χ2v) is 5.37. The van der Waals surface area contributed by atoms with Crippen molar-refractivity contribution in [3.05, 3.63) is 51.5 Å². The molecule has 2 nitrogen and oxygen atoms in total. The summed E-state index contributed by atoms with van der Waals surface area (Å²) < 4.78 is 25.9. The fourth-order valence-corrected chi connectivity index (χ4v) is 2.60. The van der Waals surface area contributed by atoms with Crippen molar-refractivity contribution in [1.82, 2.24) is 4.98 Å².